The maximum atomic E-state index is 12.6. The second-order valence-corrected chi connectivity index (χ2v) is 7.13. The van der Waals surface area contributed by atoms with E-state index in [0.29, 0.717) is 18.2 Å². The van der Waals surface area contributed by atoms with Gasteiger partial charge in [0.05, 0.1) is 21.8 Å². The Kier molecular flexibility index (Phi) is 4.70. The molecule has 1 aliphatic rings. The van der Waals surface area contributed by atoms with Crippen LogP contribution in [0.1, 0.15) is 17.2 Å². The average Bonchev–Trinajstić information content (AvgIpc) is 3.27. The van der Waals surface area contributed by atoms with Crippen molar-refractivity contribution in [1.29, 1.82) is 0 Å². The molecule has 0 saturated carbocycles. The molecule has 4 rings (SSSR count). The molecule has 0 aliphatic carbocycles. The summed E-state index contributed by atoms with van der Waals surface area (Å²) in [4.78, 5) is 23.1. The van der Waals surface area contributed by atoms with Gasteiger partial charge in [-0.2, -0.15) is 0 Å². The van der Waals surface area contributed by atoms with Gasteiger partial charge in [-0.1, -0.05) is 36.4 Å². The summed E-state index contributed by atoms with van der Waals surface area (Å²) >= 11 is 1.58. The molecule has 1 fully saturated rings. The molecular weight excluding hydrogens is 358 g/mol. The summed E-state index contributed by atoms with van der Waals surface area (Å²) in [6.07, 6.45) is 1.83. The molecule has 6 nitrogen and oxygen atoms in total. The molecule has 0 radical (unpaired) electrons. The Morgan fingerprint density at radius 2 is 2.11 bits per heavy atom. The van der Waals surface area contributed by atoms with Crippen LogP contribution in [0.2, 0.25) is 0 Å². The molecule has 0 bridgehead atoms. The molecule has 1 aliphatic heterocycles. The van der Waals surface area contributed by atoms with E-state index in [1.807, 2.05) is 60.1 Å². The first-order chi connectivity index (χ1) is 13.2. The lowest BCUT2D eigenvalue weighted by molar-refractivity contribution is -0.121. The molecule has 2 aromatic carbocycles. The molecule has 136 valence electrons. The van der Waals surface area contributed by atoms with Gasteiger partial charge in [-0.05, 0) is 29.3 Å². The summed E-state index contributed by atoms with van der Waals surface area (Å²) in [5, 5.41) is 3.14. The van der Waals surface area contributed by atoms with Crippen LogP contribution < -0.4 is 11.1 Å². The van der Waals surface area contributed by atoms with Crippen molar-refractivity contribution in [3.8, 4) is 0 Å². The number of thiazole rings is 1. The number of aliphatic imine (C=N–C) groups is 1. The average molecular weight is 377 g/mol. The smallest absolute Gasteiger partial charge is 0.276 e. The molecule has 1 atom stereocenters. The van der Waals surface area contributed by atoms with Crippen molar-refractivity contribution in [3.05, 3.63) is 70.9 Å². The van der Waals surface area contributed by atoms with Gasteiger partial charge in [-0.3, -0.25) is 9.69 Å². The summed E-state index contributed by atoms with van der Waals surface area (Å²) in [6.45, 7) is 0.359. The zero-order valence-corrected chi connectivity index (χ0v) is 15.6. The van der Waals surface area contributed by atoms with Crippen molar-refractivity contribution in [2.24, 2.45) is 10.7 Å². The number of rotatable bonds is 4. The Bertz CT molecular complexity index is 1040. The maximum absolute atomic E-state index is 12.6. The summed E-state index contributed by atoms with van der Waals surface area (Å²) in [5.41, 5.74) is 11.1. The number of nitrogens with one attached hydrogen (secondary N) is 1. The molecule has 1 aromatic heterocycles. The predicted molar refractivity (Wildman–Crippen MR) is 109 cm³/mol. The number of likely N-dealkylation sites (N-methyl/N-ethyl adjacent to an activating group) is 1. The molecule has 2 heterocycles. The number of amides is 1. The van der Waals surface area contributed by atoms with Crippen molar-refractivity contribution in [1.82, 2.24) is 15.2 Å². The number of hydrogen-bond donors (Lipinski definition) is 2. The van der Waals surface area contributed by atoms with Gasteiger partial charge in [0.15, 0.2) is 0 Å². The highest BCUT2D eigenvalue weighted by Crippen LogP contribution is 2.22. The zero-order chi connectivity index (χ0) is 18.8. The molecule has 7 heteroatoms. The van der Waals surface area contributed by atoms with Crippen LogP contribution in [-0.4, -0.2) is 35.3 Å². The third-order valence-electron chi connectivity index (χ3n) is 4.45. The molecule has 0 spiro atoms. The highest BCUT2D eigenvalue weighted by Gasteiger charge is 2.29. The monoisotopic (exact) mass is 377 g/mol. The molecule has 3 aromatic rings. The van der Waals surface area contributed by atoms with E-state index in [0.717, 1.165) is 21.3 Å². The number of guanidine groups is 1. The Morgan fingerprint density at radius 3 is 2.89 bits per heavy atom. The van der Waals surface area contributed by atoms with E-state index in [9.17, 15) is 4.79 Å². The van der Waals surface area contributed by atoms with E-state index in [2.05, 4.69) is 15.3 Å². The van der Waals surface area contributed by atoms with Crippen LogP contribution in [0.25, 0.3) is 16.3 Å². The summed E-state index contributed by atoms with van der Waals surface area (Å²) < 4.78 is 1.09. The first kappa shape index (κ1) is 17.4. The molecule has 0 unspecified atom stereocenters. The molecule has 1 saturated heterocycles. The van der Waals surface area contributed by atoms with Gasteiger partial charge in [0.1, 0.15) is 5.70 Å². The van der Waals surface area contributed by atoms with E-state index in [-0.39, 0.29) is 11.9 Å². The van der Waals surface area contributed by atoms with Crippen LogP contribution in [0, 0.1) is 0 Å². The van der Waals surface area contributed by atoms with Crippen LogP contribution in [-0.2, 0) is 4.79 Å². The molecule has 27 heavy (non-hydrogen) atoms. The Balaban J connectivity index is 1.62. The largest absolute Gasteiger partial charge is 0.328 e. The van der Waals surface area contributed by atoms with Gasteiger partial charge in [-0.15, -0.1) is 11.3 Å². The van der Waals surface area contributed by atoms with Crippen molar-refractivity contribution in [2.45, 2.75) is 6.04 Å². The van der Waals surface area contributed by atoms with Gasteiger partial charge in [0, 0.05) is 13.6 Å². The van der Waals surface area contributed by atoms with Crippen LogP contribution in [0.5, 0.6) is 0 Å². The van der Waals surface area contributed by atoms with E-state index < -0.39 is 0 Å². The number of carbonyl (C=O) groups is 1. The molecule has 3 N–H and O–H groups in total. The highest BCUT2D eigenvalue weighted by atomic mass is 32.1. The summed E-state index contributed by atoms with van der Waals surface area (Å²) in [7, 11) is 1.71. The predicted octanol–water partition coefficient (Wildman–Crippen LogP) is 2.75. The van der Waals surface area contributed by atoms with Crippen LogP contribution in [0.3, 0.4) is 0 Å². The summed E-state index contributed by atoms with van der Waals surface area (Å²) in [5.74, 6) is 0.381. The minimum atomic E-state index is -0.211. The van der Waals surface area contributed by atoms with Crippen molar-refractivity contribution in [3.63, 3.8) is 0 Å². The second kappa shape index (κ2) is 7.30. The van der Waals surface area contributed by atoms with Gasteiger partial charge in [-0.25, -0.2) is 9.98 Å². The zero-order valence-electron chi connectivity index (χ0n) is 14.8. The van der Waals surface area contributed by atoms with E-state index in [1.165, 1.54) is 4.90 Å². The first-order valence-corrected chi connectivity index (χ1v) is 9.46. The fourth-order valence-corrected chi connectivity index (χ4v) is 3.69. The topological polar surface area (TPSA) is 83.6 Å². The quantitative estimate of drug-likeness (QED) is 0.685. The van der Waals surface area contributed by atoms with Gasteiger partial charge in [0.25, 0.3) is 5.91 Å². The van der Waals surface area contributed by atoms with Gasteiger partial charge in [0.2, 0.25) is 5.96 Å². The normalized spacial score (nSPS) is 18.4. The maximum Gasteiger partial charge on any atom is 0.276 e. The molecule has 1 amide bonds. The van der Waals surface area contributed by atoms with Crippen molar-refractivity contribution >= 4 is 39.5 Å². The number of fused-ring (bicyclic) bond motifs is 1. The van der Waals surface area contributed by atoms with Gasteiger partial charge >= 0.3 is 0 Å². The van der Waals surface area contributed by atoms with E-state index >= 15 is 0 Å². The minimum absolute atomic E-state index is 0.123. The van der Waals surface area contributed by atoms with E-state index in [4.69, 9.17) is 5.73 Å². The molecular formula is C20H19N5OS. The Hall–Kier alpha value is -3.03. The van der Waals surface area contributed by atoms with Crippen molar-refractivity contribution < 1.29 is 4.79 Å². The third-order valence-corrected chi connectivity index (χ3v) is 5.24. The number of carbonyl (C=O) groups excluding carboxylic acids is 1. The van der Waals surface area contributed by atoms with Gasteiger partial charge < -0.3 is 11.1 Å². The van der Waals surface area contributed by atoms with E-state index in [1.54, 1.807) is 18.4 Å². The number of benzene rings is 2. The highest BCUT2D eigenvalue weighted by molar-refractivity contribution is 7.16. The van der Waals surface area contributed by atoms with Crippen LogP contribution in [0.4, 0.5) is 0 Å². The van der Waals surface area contributed by atoms with Crippen LogP contribution in [0.15, 0.2) is 64.7 Å². The number of hydrogen-bond acceptors (Lipinski definition) is 5. The standard InChI is InChI=1S/C20H19N5OS/c1-25-19(26)16(9-13-7-8-15-18(10-13)27-12-22-15)23-20(25)24-17(11-21)14-5-3-2-4-6-14/h2-10,12,17H,11,21H2,1H3,(H,23,24)/b16-9-/t17-/m0/s1. The third kappa shape index (κ3) is 3.47. The Morgan fingerprint density at radius 1 is 1.30 bits per heavy atom. The van der Waals surface area contributed by atoms with Crippen molar-refractivity contribution in [2.75, 3.05) is 13.6 Å². The summed E-state index contributed by atoms with van der Waals surface area (Å²) in [6, 6.07) is 15.6. The number of aromatic nitrogens is 1. The fraction of sp³-hybridized carbons (Fsp3) is 0.150. The lowest BCUT2D eigenvalue weighted by Gasteiger charge is -2.14. The Labute approximate surface area is 161 Å². The van der Waals surface area contributed by atoms with Crippen LogP contribution >= 0.6 is 11.3 Å². The number of nitrogens with two attached hydrogens (primary N) is 1. The minimum Gasteiger partial charge on any atom is -0.328 e. The lowest BCUT2D eigenvalue weighted by Crippen LogP contribution is -2.29. The second-order valence-electron chi connectivity index (χ2n) is 6.24. The fourth-order valence-electron chi connectivity index (χ4n) is 2.97. The lowest BCUT2D eigenvalue weighted by atomic mass is 10.1. The number of nitrogens with zero attached hydrogens (tertiary/aromatic N) is 3. The SMILES string of the molecule is CN1C(=O)/C(=C/c2ccc3ncsc3c2)NC1=N[C@@H](CN)c1ccccc1. The first-order valence-electron chi connectivity index (χ1n) is 8.58.